The maximum atomic E-state index is 13.3. The van der Waals surface area contributed by atoms with Crippen LogP contribution in [-0.4, -0.2) is 44.2 Å². The van der Waals surface area contributed by atoms with Gasteiger partial charge in [-0.25, -0.2) is 8.42 Å². The first-order chi connectivity index (χ1) is 11.8. The molecule has 2 rings (SSSR count). The number of rotatable bonds is 6. The fourth-order valence-corrected chi connectivity index (χ4v) is 5.18. The van der Waals surface area contributed by atoms with Gasteiger partial charge < -0.3 is 9.47 Å². The molecule has 0 radical (unpaired) electrons. The summed E-state index contributed by atoms with van der Waals surface area (Å²) in [6.07, 6.45) is 1.57. The number of methoxy groups -OCH3 is 1. The minimum absolute atomic E-state index is 0.227. The lowest BCUT2D eigenvalue weighted by Crippen LogP contribution is -2.55. The van der Waals surface area contributed by atoms with Crippen molar-refractivity contribution in [3.05, 3.63) is 29.8 Å². The Bertz CT molecular complexity index is 686. The number of ether oxygens (including phenoxy) is 2. The zero-order valence-corrected chi connectivity index (χ0v) is 16.1. The maximum absolute atomic E-state index is 13.3. The predicted molar refractivity (Wildman–Crippen MR) is 94.5 cm³/mol. The molecule has 1 fully saturated rings. The summed E-state index contributed by atoms with van der Waals surface area (Å²) in [5.74, 6) is -0.404. The van der Waals surface area contributed by atoms with Gasteiger partial charge in [0, 0.05) is 14.0 Å². The van der Waals surface area contributed by atoms with Crippen molar-refractivity contribution in [3.8, 4) is 0 Å². The molecule has 6 nitrogen and oxygen atoms in total. The molecule has 0 saturated carbocycles. The van der Waals surface area contributed by atoms with Crippen LogP contribution in [0.2, 0.25) is 0 Å². The number of hydrogen-bond donors (Lipinski definition) is 0. The third kappa shape index (κ3) is 4.40. The molecule has 1 heterocycles. The van der Waals surface area contributed by atoms with E-state index < -0.39 is 34.4 Å². The highest BCUT2D eigenvalue weighted by atomic mass is 32.2. The van der Waals surface area contributed by atoms with E-state index in [9.17, 15) is 13.2 Å². The summed E-state index contributed by atoms with van der Waals surface area (Å²) in [4.78, 5) is 11.7. The molecule has 1 aliphatic rings. The van der Waals surface area contributed by atoms with Crippen molar-refractivity contribution < 1.29 is 22.7 Å². The molecule has 1 saturated heterocycles. The van der Waals surface area contributed by atoms with Crippen molar-refractivity contribution in [2.45, 2.75) is 69.7 Å². The van der Waals surface area contributed by atoms with Gasteiger partial charge in [0.2, 0.25) is 10.0 Å². The first-order valence-electron chi connectivity index (χ1n) is 8.61. The lowest BCUT2D eigenvalue weighted by atomic mass is 9.97. The van der Waals surface area contributed by atoms with Gasteiger partial charge in [-0.05, 0) is 44.7 Å². The van der Waals surface area contributed by atoms with E-state index in [1.807, 2.05) is 13.8 Å². The number of nitrogens with zero attached hydrogens (tertiary/aromatic N) is 1. The van der Waals surface area contributed by atoms with Crippen molar-refractivity contribution in [1.29, 1.82) is 0 Å². The molecule has 0 aromatic heterocycles. The Kier molecular flexibility index (Phi) is 6.59. The molecule has 0 bridgehead atoms. The number of carbonyl (C=O) groups excluding carboxylic acids is 1. The van der Waals surface area contributed by atoms with Crippen molar-refractivity contribution in [3.63, 3.8) is 0 Å². The standard InChI is InChI=1S/C18H27NO5S/c1-5-17(24-14(3)20)16-7-6-8-18(23-4)19(16)25(21,22)15-11-9-13(2)10-12-15/h9-12,16-18H,5-8H2,1-4H3/t16-,17-,18-/m0/s1. The van der Waals surface area contributed by atoms with Gasteiger partial charge in [0.25, 0.3) is 0 Å². The Labute approximate surface area is 150 Å². The Balaban J connectivity index is 2.45. The Morgan fingerprint density at radius 3 is 2.44 bits per heavy atom. The third-order valence-corrected chi connectivity index (χ3v) is 6.51. The largest absolute Gasteiger partial charge is 0.461 e. The zero-order valence-electron chi connectivity index (χ0n) is 15.3. The Morgan fingerprint density at radius 1 is 1.28 bits per heavy atom. The topological polar surface area (TPSA) is 72.9 Å². The number of benzene rings is 1. The van der Waals surface area contributed by atoms with Crippen LogP contribution >= 0.6 is 0 Å². The SMILES string of the molecule is CC[C@H](OC(C)=O)[C@@H]1CCC[C@H](OC)N1S(=O)(=O)c1ccc(C)cc1. The van der Waals surface area contributed by atoms with Gasteiger partial charge >= 0.3 is 5.97 Å². The van der Waals surface area contributed by atoms with E-state index in [4.69, 9.17) is 9.47 Å². The highest BCUT2D eigenvalue weighted by Gasteiger charge is 2.44. The van der Waals surface area contributed by atoms with E-state index in [1.165, 1.54) is 18.3 Å². The molecular formula is C18H27NO5S. The van der Waals surface area contributed by atoms with E-state index >= 15 is 0 Å². The maximum Gasteiger partial charge on any atom is 0.302 e. The highest BCUT2D eigenvalue weighted by molar-refractivity contribution is 7.89. The van der Waals surface area contributed by atoms with E-state index in [0.29, 0.717) is 19.3 Å². The molecule has 7 heteroatoms. The van der Waals surface area contributed by atoms with Crippen molar-refractivity contribution in [2.24, 2.45) is 0 Å². The van der Waals surface area contributed by atoms with Crippen LogP contribution in [-0.2, 0) is 24.3 Å². The number of carbonyl (C=O) groups is 1. The molecule has 1 aromatic carbocycles. The van der Waals surface area contributed by atoms with E-state index in [-0.39, 0.29) is 4.90 Å². The molecule has 140 valence electrons. The third-order valence-electron chi connectivity index (χ3n) is 4.58. The second-order valence-electron chi connectivity index (χ2n) is 6.39. The molecule has 0 aliphatic carbocycles. The number of piperidine rings is 1. The Morgan fingerprint density at radius 2 is 1.92 bits per heavy atom. The first-order valence-corrected chi connectivity index (χ1v) is 10.1. The quantitative estimate of drug-likeness (QED) is 0.721. The van der Waals surface area contributed by atoms with Crippen LogP contribution in [0.4, 0.5) is 0 Å². The summed E-state index contributed by atoms with van der Waals surface area (Å²) in [6.45, 7) is 5.14. The van der Waals surface area contributed by atoms with Crippen LogP contribution < -0.4 is 0 Å². The number of esters is 1. The molecule has 0 unspecified atom stereocenters. The van der Waals surface area contributed by atoms with E-state index in [0.717, 1.165) is 12.0 Å². The fourth-order valence-electron chi connectivity index (χ4n) is 3.35. The lowest BCUT2D eigenvalue weighted by Gasteiger charge is -2.42. The molecule has 0 spiro atoms. The Hall–Kier alpha value is -1.44. The summed E-state index contributed by atoms with van der Waals surface area (Å²) < 4.78 is 38.9. The molecular weight excluding hydrogens is 342 g/mol. The normalized spacial score (nSPS) is 23.2. The summed E-state index contributed by atoms with van der Waals surface area (Å²) in [5, 5.41) is 0. The van der Waals surface area contributed by atoms with Crippen LogP contribution in [0.3, 0.4) is 0 Å². The van der Waals surface area contributed by atoms with Gasteiger partial charge in [0.15, 0.2) is 0 Å². The van der Waals surface area contributed by atoms with Gasteiger partial charge in [-0.2, -0.15) is 4.31 Å². The minimum Gasteiger partial charge on any atom is -0.461 e. The van der Waals surface area contributed by atoms with Crippen molar-refractivity contribution in [1.82, 2.24) is 4.31 Å². The zero-order chi connectivity index (χ0) is 18.6. The minimum atomic E-state index is -3.76. The number of hydrogen-bond acceptors (Lipinski definition) is 5. The first kappa shape index (κ1) is 19.9. The van der Waals surface area contributed by atoms with E-state index in [1.54, 1.807) is 24.3 Å². The molecule has 0 amide bonds. The summed E-state index contributed by atoms with van der Waals surface area (Å²) >= 11 is 0. The second kappa shape index (κ2) is 8.29. The molecule has 3 atom stereocenters. The van der Waals surface area contributed by atoms with Crippen molar-refractivity contribution in [2.75, 3.05) is 7.11 Å². The van der Waals surface area contributed by atoms with Gasteiger partial charge in [-0.1, -0.05) is 24.6 Å². The van der Waals surface area contributed by atoms with E-state index in [2.05, 4.69) is 0 Å². The average molecular weight is 369 g/mol. The summed E-state index contributed by atoms with van der Waals surface area (Å²) in [7, 11) is -2.25. The molecule has 1 aliphatic heterocycles. The number of sulfonamides is 1. The highest BCUT2D eigenvalue weighted by Crippen LogP contribution is 2.33. The van der Waals surface area contributed by atoms with Crippen LogP contribution in [0.25, 0.3) is 0 Å². The van der Waals surface area contributed by atoms with Crippen LogP contribution in [0.1, 0.15) is 45.1 Å². The fraction of sp³-hybridized carbons (Fsp3) is 0.611. The summed E-state index contributed by atoms with van der Waals surface area (Å²) in [6, 6.07) is 6.33. The van der Waals surface area contributed by atoms with Crippen LogP contribution in [0.15, 0.2) is 29.2 Å². The van der Waals surface area contributed by atoms with Crippen LogP contribution in [0, 0.1) is 6.92 Å². The van der Waals surface area contributed by atoms with Gasteiger partial charge in [0.05, 0.1) is 10.9 Å². The monoisotopic (exact) mass is 369 g/mol. The van der Waals surface area contributed by atoms with Gasteiger partial charge in [0.1, 0.15) is 12.3 Å². The van der Waals surface area contributed by atoms with Gasteiger partial charge in [-0.3, -0.25) is 4.79 Å². The molecule has 25 heavy (non-hydrogen) atoms. The lowest BCUT2D eigenvalue weighted by molar-refractivity contribution is -0.153. The average Bonchev–Trinajstić information content (AvgIpc) is 2.59. The van der Waals surface area contributed by atoms with Crippen molar-refractivity contribution >= 4 is 16.0 Å². The smallest absolute Gasteiger partial charge is 0.302 e. The number of aryl methyl sites for hydroxylation is 1. The second-order valence-corrected chi connectivity index (χ2v) is 8.24. The van der Waals surface area contributed by atoms with Crippen LogP contribution in [0.5, 0.6) is 0 Å². The molecule has 1 aromatic rings. The summed E-state index contributed by atoms with van der Waals surface area (Å²) in [5.41, 5.74) is 0.990. The van der Waals surface area contributed by atoms with Gasteiger partial charge in [-0.15, -0.1) is 0 Å². The predicted octanol–water partition coefficient (Wildman–Crippen LogP) is 2.85. The molecule has 0 N–H and O–H groups in total.